The first kappa shape index (κ1) is 14.4. The largest absolute Gasteiger partial charge is 0.341 e. The van der Waals surface area contributed by atoms with Crippen LogP contribution in [0.1, 0.15) is 57.8 Å². The summed E-state index contributed by atoms with van der Waals surface area (Å²) in [5.41, 5.74) is 0. The second-order valence-electron chi connectivity index (χ2n) is 7.23. The van der Waals surface area contributed by atoms with Gasteiger partial charge in [0.15, 0.2) is 0 Å². The van der Waals surface area contributed by atoms with Gasteiger partial charge in [0.25, 0.3) is 0 Å². The van der Waals surface area contributed by atoms with E-state index in [1.165, 1.54) is 44.9 Å². The van der Waals surface area contributed by atoms with Crippen molar-refractivity contribution in [2.45, 2.75) is 63.8 Å². The van der Waals surface area contributed by atoms with Crippen LogP contribution >= 0.6 is 0 Å². The molecule has 3 nitrogen and oxygen atoms in total. The molecule has 3 aliphatic rings. The molecule has 4 atom stereocenters. The van der Waals surface area contributed by atoms with Crippen LogP contribution < -0.4 is 5.32 Å². The fourth-order valence-electron chi connectivity index (χ4n) is 4.77. The van der Waals surface area contributed by atoms with Crippen molar-refractivity contribution in [3.8, 4) is 0 Å². The Morgan fingerprint density at radius 3 is 2.60 bits per heavy atom. The van der Waals surface area contributed by atoms with Crippen molar-refractivity contribution in [2.24, 2.45) is 17.8 Å². The molecule has 3 fully saturated rings. The minimum atomic E-state index is 0.338. The zero-order valence-corrected chi connectivity index (χ0v) is 12.9. The Bertz CT molecular complexity index is 344. The summed E-state index contributed by atoms with van der Waals surface area (Å²) in [5, 5.41) is 3.34. The van der Waals surface area contributed by atoms with E-state index in [-0.39, 0.29) is 0 Å². The maximum absolute atomic E-state index is 12.8. The molecule has 20 heavy (non-hydrogen) atoms. The molecule has 0 aromatic rings. The quantitative estimate of drug-likeness (QED) is 0.842. The van der Waals surface area contributed by atoms with E-state index in [9.17, 15) is 4.79 Å². The number of piperidine rings is 1. The number of likely N-dealkylation sites (N-methyl/N-ethyl adjacent to an activating group) is 1. The summed E-state index contributed by atoms with van der Waals surface area (Å²) >= 11 is 0. The van der Waals surface area contributed by atoms with E-state index in [1.807, 2.05) is 7.05 Å². The van der Waals surface area contributed by atoms with Crippen molar-refractivity contribution in [1.29, 1.82) is 0 Å². The van der Waals surface area contributed by atoms with Gasteiger partial charge >= 0.3 is 0 Å². The van der Waals surface area contributed by atoms with Gasteiger partial charge in [-0.25, -0.2) is 0 Å². The van der Waals surface area contributed by atoms with E-state index in [2.05, 4.69) is 10.2 Å². The summed E-state index contributed by atoms with van der Waals surface area (Å²) in [6.45, 7) is 1.92. The zero-order valence-electron chi connectivity index (χ0n) is 12.9. The lowest BCUT2D eigenvalue weighted by atomic mass is 9.67. The lowest BCUT2D eigenvalue weighted by Crippen LogP contribution is -2.49. The van der Waals surface area contributed by atoms with E-state index in [4.69, 9.17) is 0 Å². The van der Waals surface area contributed by atoms with Crippen LogP contribution in [0.15, 0.2) is 0 Å². The lowest BCUT2D eigenvalue weighted by Gasteiger charge is -2.41. The van der Waals surface area contributed by atoms with Gasteiger partial charge in [-0.2, -0.15) is 0 Å². The van der Waals surface area contributed by atoms with Crippen molar-refractivity contribution in [2.75, 3.05) is 20.1 Å². The molecule has 1 aliphatic heterocycles. The Kier molecular flexibility index (Phi) is 4.65. The highest BCUT2D eigenvalue weighted by molar-refractivity contribution is 5.79. The van der Waals surface area contributed by atoms with Crippen LogP contribution in [-0.4, -0.2) is 37.0 Å². The Hall–Kier alpha value is -0.570. The lowest BCUT2D eigenvalue weighted by molar-refractivity contribution is -0.139. The molecular formula is C17H30N2O. The molecule has 1 N–H and O–H groups in total. The third-order valence-electron chi connectivity index (χ3n) is 6.03. The van der Waals surface area contributed by atoms with Gasteiger partial charge in [0, 0.05) is 25.0 Å². The molecule has 0 spiro atoms. The van der Waals surface area contributed by atoms with E-state index in [0.29, 0.717) is 17.9 Å². The smallest absolute Gasteiger partial charge is 0.225 e. The van der Waals surface area contributed by atoms with Crippen LogP contribution in [0, 0.1) is 17.8 Å². The third kappa shape index (κ3) is 3.03. The number of rotatable bonds is 2. The number of amides is 1. The fraction of sp³-hybridized carbons (Fsp3) is 0.941. The minimum absolute atomic E-state index is 0.338. The number of nitrogens with zero attached hydrogens (tertiary/aromatic N) is 1. The van der Waals surface area contributed by atoms with Crippen LogP contribution in [0.2, 0.25) is 0 Å². The number of likely N-dealkylation sites (tertiary alicyclic amines) is 1. The minimum Gasteiger partial charge on any atom is -0.341 e. The molecule has 2 saturated carbocycles. The van der Waals surface area contributed by atoms with Gasteiger partial charge in [-0.3, -0.25) is 4.79 Å². The molecule has 3 rings (SSSR count). The van der Waals surface area contributed by atoms with E-state index >= 15 is 0 Å². The predicted molar refractivity (Wildman–Crippen MR) is 81.5 cm³/mol. The Balaban J connectivity index is 1.57. The Morgan fingerprint density at radius 2 is 1.80 bits per heavy atom. The van der Waals surface area contributed by atoms with Gasteiger partial charge in [-0.1, -0.05) is 25.7 Å². The third-order valence-corrected chi connectivity index (χ3v) is 6.03. The van der Waals surface area contributed by atoms with Crippen molar-refractivity contribution in [1.82, 2.24) is 10.2 Å². The molecular weight excluding hydrogens is 248 g/mol. The van der Waals surface area contributed by atoms with Crippen molar-refractivity contribution >= 4 is 5.91 Å². The van der Waals surface area contributed by atoms with Gasteiger partial charge in [0.05, 0.1) is 0 Å². The Labute approximate surface area is 123 Å². The first-order valence-electron chi connectivity index (χ1n) is 8.74. The van der Waals surface area contributed by atoms with E-state index < -0.39 is 0 Å². The topological polar surface area (TPSA) is 32.3 Å². The van der Waals surface area contributed by atoms with Crippen LogP contribution in [-0.2, 0) is 4.79 Å². The predicted octanol–water partition coefficient (Wildman–Crippen LogP) is 2.80. The second-order valence-corrected chi connectivity index (χ2v) is 7.23. The molecule has 0 bridgehead atoms. The highest BCUT2D eigenvalue weighted by Crippen LogP contribution is 2.43. The molecule has 0 aromatic heterocycles. The number of hydrogen-bond acceptors (Lipinski definition) is 2. The average molecular weight is 278 g/mol. The van der Waals surface area contributed by atoms with Gasteiger partial charge in [0.2, 0.25) is 5.91 Å². The van der Waals surface area contributed by atoms with E-state index in [0.717, 1.165) is 37.8 Å². The first-order valence-corrected chi connectivity index (χ1v) is 8.74. The number of carbonyl (C=O) groups excluding carboxylic acids is 1. The molecule has 1 amide bonds. The molecule has 4 unspecified atom stereocenters. The number of carbonyl (C=O) groups is 1. The summed E-state index contributed by atoms with van der Waals surface area (Å²) < 4.78 is 0. The summed E-state index contributed by atoms with van der Waals surface area (Å²) in [5.74, 6) is 2.61. The zero-order chi connectivity index (χ0) is 13.9. The molecule has 1 heterocycles. The van der Waals surface area contributed by atoms with Crippen molar-refractivity contribution in [3.63, 3.8) is 0 Å². The van der Waals surface area contributed by atoms with Gasteiger partial charge < -0.3 is 10.2 Å². The molecule has 0 aromatic carbocycles. The van der Waals surface area contributed by atoms with Crippen LogP contribution in [0.3, 0.4) is 0 Å². The second kappa shape index (κ2) is 6.46. The fourth-order valence-corrected chi connectivity index (χ4v) is 4.77. The monoisotopic (exact) mass is 278 g/mol. The molecule has 114 valence electrons. The SMILES string of the molecule is CNC1CCCN(C(=O)C2CCC3CCCCC3C2)C1. The first-order chi connectivity index (χ1) is 9.78. The van der Waals surface area contributed by atoms with Crippen molar-refractivity contribution < 1.29 is 4.79 Å². The van der Waals surface area contributed by atoms with Gasteiger partial charge in [-0.05, 0) is 51.0 Å². The summed E-state index contributed by atoms with van der Waals surface area (Å²) in [7, 11) is 2.02. The van der Waals surface area contributed by atoms with Gasteiger partial charge in [-0.15, -0.1) is 0 Å². The molecule has 3 heteroatoms. The highest BCUT2D eigenvalue weighted by atomic mass is 16.2. The highest BCUT2D eigenvalue weighted by Gasteiger charge is 2.37. The maximum Gasteiger partial charge on any atom is 0.225 e. The van der Waals surface area contributed by atoms with Crippen molar-refractivity contribution in [3.05, 3.63) is 0 Å². The van der Waals surface area contributed by atoms with Crippen LogP contribution in [0.25, 0.3) is 0 Å². The number of fused-ring (bicyclic) bond motifs is 1. The van der Waals surface area contributed by atoms with Crippen LogP contribution in [0.5, 0.6) is 0 Å². The summed E-state index contributed by atoms with van der Waals surface area (Å²) in [6, 6.07) is 0.513. The van der Waals surface area contributed by atoms with Crippen LogP contribution in [0.4, 0.5) is 0 Å². The number of nitrogens with one attached hydrogen (secondary N) is 1. The maximum atomic E-state index is 12.8. The summed E-state index contributed by atoms with van der Waals surface area (Å²) in [4.78, 5) is 14.9. The molecule has 0 radical (unpaired) electrons. The molecule has 1 saturated heterocycles. The normalized spacial score (nSPS) is 38.4. The Morgan fingerprint density at radius 1 is 1.00 bits per heavy atom. The standard InChI is InChI=1S/C17H30N2O/c1-18-16-7-4-10-19(12-16)17(20)15-9-8-13-5-2-3-6-14(13)11-15/h13-16,18H,2-12H2,1H3. The van der Waals surface area contributed by atoms with E-state index in [1.54, 1.807) is 0 Å². The van der Waals surface area contributed by atoms with Gasteiger partial charge in [0.1, 0.15) is 0 Å². The summed E-state index contributed by atoms with van der Waals surface area (Å²) in [6.07, 6.45) is 11.7. The number of hydrogen-bond donors (Lipinski definition) is 1. The molecule has 2 aliphatic carbocycles. The average Bonchev–Trinajstić information content (AvgIpc) is 2.53.